The van der Waals surface area contributed by atoms with Gasteiger partial charge in [-0.25, -0.2) is 0 Å². The molecule has 4 unspecified atom stereocenters. The lowest BCUT2D eigenvalue weighted by Crippen LogP contribution is -2.18. The van der Waals surface area contributed by atoms with Gasteiger partial charge in [0.2, 0.25) is 0 Å². The third kappa shape index (κ3) is 3.02. The van der Waals surface area contributed by atoms with Gasteiger partial charge in [-0.2, -0.15) is 0 Å². The van der Waals surface area contributed by atoms with Crippen molar-refractivity contribution in [1.29, 1.82) is 0 Å². The average molecular weight is 224 g/mol. The molecule has 0 radical (unpaired) electrons. The first kappa shape index (κ1) is 14.1. The predicted molar refractivity (Wildman–Crippen MR) is 73.5 cm³/mol. The highest BCUT2D eigenvalue weighted by molar-refractivity contribution is 5.02. The lowest BCUT2D eigenvalue weighted by atomic mass is 9.78. The lowest BCUT2D eigenvalue weighted by Gasteiger charge is -2.27. The predicted octanol–water partition coefficient (Wildman–Crippen LogP) is 5.38. The third-order valence-electron chi connectivity index (χ3n) is 5.30. The summed E-state index contributed by atoms with van der Waals surface area (Å²) in [7, 11) is 0. The number of rotatable bonds is 6. The average Bonchev–Trinajstić information content (AvgIpc) is 2.77. The molecule has 1 aliphatic rings. The Morgan fingerprint density at radius 2 is 1.56 bits per heavy atom. The summed E-state index contributed by atoms with van der Waals surface area (Å²) in [6.07, 6.45) is 4.35. The first-order valence-electron chi connectivity index (χ1n) is 7.29. The molecule has 0 saturated heterocycles. The molecule has 0 aromatic heterocycles. The summed E-state index contributed by atoms with van der Waals surface area (Å²) in [5, 5.41) is 0. The Morgan fingerprint density at radius 1 is 1.06 bits per heavy atom. The molecular formula is C16H32. The SMILES string of the molecule is CC(CC(C)C(C)C)CC1(C(C)C)CC1C. The van der Waals surface area contributed by atoms with Gasteiger partial charge in [0.15, 0.2) is 0 Å². The molecule has 0 aromatic carbocycles. The number of hydrogen-bond donors (Lipinski definition) is 0. The van der Waals surface area contributed by atoms with Crippen molar-refractivity contribution in [3.05, 3.63) is 0 Å². The van der Waals surface area contributed by atoms with Gasteiger partial charge in [-0.3, -0.25) is 0 Å². The molecule has 0 amide bonds. The zero-order valence-electron chi connectivity index (χ0n) is 12.5. The molecule has 0 N–H and O–H groups in total. The quantitative estimate of drug-likeness (QED) is 0.568. The van der Waals surface area contributed by atoms with Gasteiger partial charge in [-0.05, 0) is 54.3 Å². The van der Waals surface area contributed by atoms with E-state index in [0.29, 0.717) is 5.41 Å². The minimum Gasteiger partial charge on any atom is -0.0625 e. The summed E-state index contributed by atoms with van der Waals surface area (Å²) in [6, 6.07) is 0. The van der Waals surface area contributed by atoms with E-state index in [4.69, 9.17) is 0 Å². The molecule has 16 heavy (non-hydrogen) atoms. The second-order valence-corrected chi connectivity index (χ2v) is 7.26. The van der Waals surface area contributed by atoms with E-state index in [0.717, 1.165) is 29.6 Å². The van der Waals surface area contributed by atoms with E-state index in [1.54, 1.807) is 0 Å². The van der Waals surface area contributed by atoms with Crippen molar-refractivity contribution in [3.63, 3.8) is 0 Å². The minimum atomic E-state index is 0.704. The Kier molecular flexibility index (Phi) is 4.49. The van der Waals surface area contributed by atoms with Crippen LogP contribution < -0.4 is 0 Å². The minimum absolute atomic E-state index is 0.704. The van der Waals surface area contributed by atoms with Crippen molar-refractivity contribution in [2.75, 3.05) is 0 Å². The molecule has 0 nitrogen and oxygen atoms in total. The van der Waals surface area contributed by atoms with Crippen LogP contribution in [0, 0.1) is 35.0 Å². The van der Waals surface area contributed by atoms with Crippen LogP contribution in [0.5, 0.6) is 0 Å². The Bertz CT molecular complexity index is 216. The van der Waals surface area contributed by atoms with Crippen molar-refractivity contribution in [3.8, 4) is 0 Å². The Balaban J connectivity index is 2.42. The zero-order valence-corrected chi connectivity index (χ0v) is 12.5. The van der Waals surface area contributed by atoms with Crippen LogP contribution in [-0.4, -0.2) is 0 Å². The highest BCUT2D eigenvalue weighted by Crippen LogP contribution is 2.61. The van der Waals surface area contributed by atoms with E-state index in [1.165, 1.54) is 19.3 Å². The van der Waals surface area contributed by atoms with Gasteiger partial charge in [0.05, 0.1) is 0 Å². The molecule has 96 valence electrons. The van der Waals surface area contributed by atoms with Crippen molar-refractivity contribution >= 4 is 0 Å². The van der Waals surface area contributed by atoms with Crippen LogP contribution in [0.25, 0.3) is 0 Å². The summed E-state index contributed by atoms with van der Waals surface area (Å²) in [4.78, 5) is 0. The van der Waals surface area contributed by atoms with E-state index >= 15 is 0 Å². The molecule has 0 aromatic rings. The normalized spacial score (nSPS) is 33.2. The molecule has 0 spiro atoms. The van der Waals surface area contributed by atoms with E-state index < -0.39 is 0 Å². The van der Waals surface area contributed by atoms with E-state index in [2.05, 4.69) is 48.5 Å². The van der Waals surface area contributed by atoms with Crippen LogP contribution in [0.2, 0.25) is 0 Å². The van der Waals surface area contributed by atoms with Gasteiger partial charge in [-0.15, -0.1) is 0 Å². The van der Waals surface area contributed by atoms with E-state index in [9.17, 15) is 0 Å². The molecular weight excluding hydrogens is 192 g/mol. The van der Waals surface area contributed by atoms with Gasteiger partial charge >= 0.3 is 0 Å². The molecule has 4 atom stereocenters. The standard InChI is InChI=1S/C16H32/c1-11(2)14(6)8-13(5)9-16(12(3)4)10-15(16)7/h11-15H,8-10H2,1-7H3. The first-order valence-corrected chi connectivity index (χ1v) is 7.29. The molecule has 0 heterocycles. The highest BCUT2D eigenvalue weighted by Gasteiger charge is 2.53. The van der Waals surface area contributed by atoms with E-state index in [1.807, 2.05) is 0 Å². The second-order valence-electron chi connectivity index (χ2n) is 7.26. The summed E-state index contributed by atoms with van der Waals surface area (Å²) >= 11 is 0. The highest BCUT2D eigenvalue weighted by atomic mass is 14.6. The Labute approximate surface area is 103 Å². The molecule has 0 aliphatic heterocycles. The molecule has 1 rings (SSSR count). The van der Waals surface area contributed by atoms with Gasteiger partial charge in [-0.1, -0.05) is 48.5 Å². The largest absolute Gasteiger partial charge is 0.0625 e. The monoisotopic (exact) mass is 224 g/mol. The third-order valence-corrected chi connectivity index (χ3v) is 5.30. The fraction of sp³-hybridized carbons (Fsp3) is 1.00. The molecule has 0 bridgehead atoms. The molecule has 1 aliphatic carbocycles. The van der Waals surface area contributed by atoms with E-state index in [-0.39, 0.29) is 0 Å². The van der Waals surface area contributed by atoms with Gasteiger partial charge in [0, 0.05) is 0 Å². The van der Waals surface area contributed by atoms with Crippen LogP contribution in [0.4, 0.5) is 0 Å². The maximum Gasteiger partial charge on any atom is -0.0243 e. The summed E-state index contributed by atoms with van der Waals surface area (Å²) in [6.45, 7) is 16.9. The van der Waals surface area contributed by atoms with Crippen LogP contribution in [0.15, 0.2) is 0 Å². The summed E-state index contributed by atoms with van der Waals surface area (Å²) in [5.41, 5.74) is 0.704. The van der Waals surface area contributed by atoms with Crippen molar-refractivity contribution in [1.82, 2.24) is 0 Å². The van der Waals surface area contributed by atoms with Crippen LogP contribution >= 0.6 is 0 Å². The van der Waals surface area contributed by atoms with Crippen LogP contribution in [0.3, 0.4) is 0 Å². The van der Waals surface area contributed by atoms with Crippen LogP contribution in [-0.2, 0) is 0 Å². The van der Waals surface area contributed by atoms with Gasteiger partial charge in [0.1, 0.15) is 0 Å². The Morgan fingerprint density at radius 3 is 1.88 bits per heavy atom. The smallest absolute Gasteiger partial charge is 0.0243 e. The topological polar surface area (TPSA) is 0 Å². The molecule has 0 heteroatoms. The zero-order chi connectivity index (χ0) is 12.5. The van der Waals surface area contributed by atoms with Crippen molar-refractivity contribution in [2.45, 2.75) is 67.7 Å². The maximum absolute atomic E-state index is 2.47. The van der Waals surface area contributed by atoms with Crippen molar-refractivity contribution < 1.29 is 0 Å². The lowest BCUT2D eigenvalue weighted by molar-refractivity contribution is 0.225. The maximum atomic E-state index is 2.47. The molecule has 1 saturated carbocycles. The van der Waals surface area contributed by atoms with Gasteiger partial charge in [0.25, 0.3) is 0 Å². The molecule has 1 fully saturated rings. The van der Waals surface area contributed by atoms with Crippen LogP contribution in [0.1, 0.15) is 67.7 Å². The second kappa shape index (κ2) is 5.10. The first-order chi connectivity index (χ1) is 7.29. The van der Waals surface area contributed by atoms with Crippen molar-refractivity contribution in [2.24, 2.45) is 35.0 Å². The summed E-state index contributed by atoms with van der Waals surface area (Å²) < 4.78 is 0. The fourth-order valence-corrected chi connectivity index (χ4v) is 3.48. The fourth-order valence-electron chi connectivity index (χ4n) is 3.48. The number of hydrogen-bond acceptors (Lipinski definition) is 0. The summed E-state index contributed by atoms with van der Waals surface area (Å²) in [5.74, 6) is 4.48. The Hall–Kier alpha value is 0. The van der Waals surface area contributed by atoms with Gasteiger partial charge < -0.3 is 0 Å².